The third-order valence-corrected chi connectivity index (χ3v) is 5.61. The van der Waals surface area contributed by atoms with Crippen LogP contribution in [-0.2, 0) is 11.3 Å². The van der Waals surface area contributed by atoms with Gasteiger partial charge < -0.3 is 14.2 Å². The van der Waals surface area contributed by atoms with E-state index >= 15 is 0 Å². The Bertz CT molecular complexity index is 1040. The van der Waals surface area contributed by atoms with Crippen LogP contribution in [0.2, 0.25) is 5.02 Å². The molecule has 4 rings (SSSR count). The Labute approximate surface area is 174 Å². The quantitative estimate of drug-likeness (QED) is 0.442. The Morgan fingerprint density at radius 2 is 1.69 bits per heavy atom. The van der Waals surface area contributed by atoms with Gasteiger partial charge in [-0.15, -0.1) is 0 Å². The predicted molar refractivity (Wildman–Crippen MR) is 114 cm³/mol. The molecule has 6 heteroatoms. The summed E-state index contributed by atoms with van der Waals surface area (Å²) in [5, 5.41) is 1.36. The summed E-state index contributed by atoms with van der Waals surface area (Å²) in [6.07, 6.45) is 4.80. The molecule has 0 spiro atoms. The number of hydrogen-bond donors (Lipinski definition) is 0. The smallest absolute Gasteiger partial charge is 0.295 e. The van der Waals surface area contributed by atoms with Crippen molar-refractivity contribution in [2.24, 2.45) is 0 Å². The van der Waals surface area contributed by atoms with Crippen molar-refractivity contribution in [2.45, 2.75) is 25.8 Å². The molecule has 1 aromatic heterocycles. The van der Waals surface area contributed by atoms with Crippen LogP contribution in [0.1, 0.15) is 29.6 Å². The number of hydrogen-bond acceptors (Lipinski definition) is 3. The SMILES string of the molecule is O=C(C(=O)N1CCCCC1)c1cn(CCOc2ccccc2Cl)c2ccccc12. The molecule has 1 aliphatic heterocycles. The van der Waals surface area contributed by atoms with Gasteiger partial charge >= 0.3 is 0 Å². The highest BCUT2D eigenvalue weighted by Gasteiger charge is 2.27. The van der Waals surface area contributed by atoms with Gasteiger partial charge in [0, 0.05) is 30.2 Å². The predicted octanol–water partition coefficient (Wildman–Crippen LogP) is 4.57. The maximum atomic E-state index is 13.0. The minimum Gasteiger partial charge on any atom is -0.490 e. The molecule has 0 N–H and O–H groups in total. The molecule has 1 saturated heterocycles. The fourth-order valence-electron chi connectivity index (χ4n) is 3.78. The van der Waals surface area contributed by atoms with Crippen LogP contribution in [0.5, 0.6) is 5.75 Å². The zero-order chi connectivity index (χ0) is 20.2. The van der Waals surface area contributed by atoms with E-state index in [2.05, 4.69) is 0 Å². The van der Waals surface area contributed by atoms with E-state index in [4.69, 9.17) is 16.3 Å². The van der Waals surface area contributed by atoms with Crippen molar-refractivity contribution in [3.8, 4) is 5.75 Å². The van der Waals surface area contributed by atoms with Crippen molar-refractivity contribution in [3.05, 3.63) is 65.3 Å². The standard InChI is InChI=1S/C23H23ClN2O3/c24-19-9-3-5-11-21(19)29-15-14-26-16-18(17-8-2-4-10-20(17)26)22(27)23(28)25-12-6-1-7-13-25/h2-5,8-11,16H,1,6-7,12-15H2. The van der Waals surface area contributed by atoms with Crippen molar-refractivity contribution < 1.29 is 14.3 Å². The van der Waals surface area contributed by atoms with Crippen molar-refractivity contribution in [1.82, 2.24) is 9.47 Å². The highest BCUT2D eigenvalue weighted by molar-refractivity contribution is 6.44. The number of ketones is 1. The maximum Gasteiger partial charge on any atom is 0.295 e. The molecular weight excluding hydrogens is 388 g/mol. The molecule has 150 valence electrons. The van der Waals surface area contributed by atoms with E-state index in [9.17, 15) is 9.59 Å². The lowest BCUT2D eigenvalue weighted by molar-refractivity contribution is -0.127. The molecule has 0 saturated carbocycles. The summed E-state index contributed by atoms with van der Waals surface area (Å²) in [5.41, 5.74) is 1.36. The molecule has 0 unspecified atom stereocenters. The number of benzene rings is 2. The second-order valence-corrected chi connectivity index (χ2v) is 7.62. The number of piperidine rings is 1. The first-order valence-electron chi connectivity index (χ1n) is 9.94. The molecule has 2 aromatic carbocycles. The first-order chi connectivity index (χ1) is 14.1. The summed E-state index contributed by atoms with van der Waals surface area (Å²) >= 11 is 6.14. The molecular formula is C23H23ClN2O3. The summed E-state index contributed by atoms with van der Waals surface area (Å²) in [5.74, 6) is -0.212. The zero-order valence-electron chi connectivity index (χ0n) is 16.1. The van der Waals surface area contributed by atoms with Crippen LogP contribution in [0.25, 0.3) is 10.9 Å². The third kappa shape index (κ3) is 4.15. The summed E-state index contributed by atoms with van der Waals surface area (Å²) in [4.78, 5) is 27.4. The number of likely N-dealkylation sites (tertiary alicyclic amines) is 1. The molecule has 3 aromatic rings. The molecule has 1 amide bonds. The van der Waals surface area contributed by atoms with E-state index < -0.39 is 11.7 Å². The summed E-state index contributed by atoms with van der Waals surface area (Å²) < 4.78 is 7.75. The fourth-order valence-corrected chi connectivity index (χ4v) is 3.97. The van der Waals surface area contributed by atoms with E-state index in [1.165, 1.54) is 0 Å². The van der Waals surface area contributed by atoms with Gasteiger partial charge in [0.05, 0.1) is 17.1 Å². The number of ether oxygens (including phenoxy) is 1. The van der Waals surface area contributed by atoms with Crippen LogP contribution in [0.3, 0.4) is 0 Å². The third-order valence-electron chi connectivity index (χ3n) is 5.30. The molecule has 1 aliphatic rings. The van der Waals surface area contributed by atoms with E-state index in [0.717, 1.165) is 30.2 Å². The number of amides is 1. The Balaban J connectivity index is 1.54. The van der Waals surface area contributed by atoms with Gasteiger partial charge in [-0.2, -0.15) is 0 Å². The minimum atomic E-state index is -0.436. The Kier molecular flexibility index (Phi) is 5.86. The number of fused-ring (bicyclic) bond motifs is 1. The van der Waals surface area contributed by atoms with Gasteiger partial charge in [0.1, 0.15) is 12.4 Å². The van der Waals surface area contributed by atoms with Gasteiger partial charge in [0.25, 0.3) is 11.7 Å². The fraction of sp³-hybridized carbons (Fsp3) is 0.304. The van der Waals surface area contributed by atoms with E-state index in [1.54, 1.807) is 17.2 Å². The summed E-state index contributed by atoms with van der Waals surface area (Å²) in [6.45, 7) is 2.26. The monoisotopic (exact) mass is 410 g/mol. The summed E-state index contributed by atoms with van der Waals surface area (Å²) in [7, 11) is 0. The van der Waals surface area contributed by atoms with Crippen LogP contribution in [-0.4, -0.2) is 40.9 Å². The largest absolute Gasteiger partial charge is 0.490 e. The Morgan fingerprint density at radius 1 is 0.966 bits per heavy atom. The lowest BCUT2D eigenvalue weighted by atomic mass is 10.1. The number of nitrogens with zero attached hydrogens (tertiary/aromatic N) is 2. The topological polar surface area (TPSA) is 51.5 Å². The van der Waals surface area contributed by atoms with Gasteiger partial charge in [-0.3, -0.25) is 9.59 Å². The second kappa shape index (κ2) is 8.70. The number of aromatic nitrogens is 1. The van der Waals surface area contributed by atoms with Crippen molar-refractivity contribution in [1.29, 1.82) is 0 Å². The van der Waals surface area contributed by atoms with E-state index in [1.807, 2.05) is 47.0 Å². The van der Waals surface area contributed by atoms with Gasteiger partial charge in [-0.05, 0) is 37.5 Å². The molecule has 1 fully saturated rings. The van der Waals surface area contributed by atoms with E-state index in [-0.39, 0.29) is 0 Å². The molecule has 5 nitrogen and oxygen atoms in total. The summed E-state index contributed by atoms with van der Waals surface area (Å²) in [6, 6.07) is 15.0. The Morgan fingerprint density at radius 3 is 2.48 bits per heavy atom. The average molecular weight is 411 g/mol. The minimum absolute atomic E-state index is 0.399. The van der Waals surface area contributed by atoms with Gasteiger partial charge in [-0.25, -0.2) is 0 Å². The van der Waals surface area contributed by atoms with Crippen molar-refractivity contribution in [3.63, 3.8) is 0 Å². The molecule has 0 bridgehead atoms. The average Bonchev–Trinajstić information content (AvgIpc) is 3.13. The number of halogens is 1. The van der Waals surface area contributed by atoms with Crippen LogP contribution < -0.4 is 4.74 Å². The highest BCUT2D eigenvalue weighted by atomic mass is 35.5. The normalized spacial score (nSPS) is 14.2. The highest BCUT2D eigenvalue weighted by Crippen LogP contribution is 2.25. The van der Waals surface area contributed by atoms with Crippen LogP contribution in [0.4, 0.5) is 0 Å². The first-order valence-corrected chi connectivity index (χ1v) is 10.3. The van der Waals surface area contributed by atoms with Crippen molar-refractivity contribution in [2.75, 3.05) is 19.7 Å². The number of rotatable bonds is 6. The molecule has 29 heavy (non-hydrogen) atoms. The Hall–Kier alpha value is -2.79. The second-order valence-electron chi connectivity index (χ2n) is 7.21. The van der Waals surface area contributed by atoms with E-state index in [0.29, 0.717) is 42.6 Å². The van der Waals surface area contributed by atoms with Gasteiger partial charge in [0.2, 0.25) is 0 Å². The lowest BCUT2D eigenvalue weighted by Crippen LogP contribution is -2.40. The van der Waals surface area contributed by atoms with Gasteiger partial charge in [0.15, 0.2) is 0 Å². The molecule has 0 radical (unpaired) electrons. The molecule has 0 aliphatic carbocycles. The number of carbonyl (C=O) groups is 2. The lowest BCUT2D eigenvalue weighted by Gasteiger charge is -2.25. The maximum absolute atomic E-state index is 13.0. The number of carbonyl (C=O) groups excluding carboxylic acids is 2. The molecule has 0 atom stereocenters. The van der Waals surface area contributed by atoms with Crippen LogP contribution in [0.15, 0.2) is 54.7 Å². The van der Waals surface area contributed by atoms with Gasteiger partial charge in [-0.1, -0.05) is 41.9 Å². The first kappa shape index (κ1) is 19.5. The number of para-hydroxylation sites is 2. The zero-order valence-corrected chi connectivity index (χ0v) is 16.9. The number of Topliss-reactive ketones (excluding diaryl/α,β-unsaturated/α-hetero) is 1. The van der Waals surface area contributed by atoms with Crippen LogP contribution >= 0.6 is 11.6 Å². The van der Waals surface area contributed by atoms with Crippen molar-refractivity contribution >= 4 is 34.2 Å². The molecule has 2 heterocycles. The van der Waals surface area contributed by atoms with Crippen LogP contribution in [0, 0.1) is 0 Å².